The minimum Gasteiger partial charge on any atom is -0.381 e. The Bertz CT molecular complexity index is 1010. The van der Waals surface area contributed by atoms with E-state index in [9.17, 15) is 14.0 Å². The minimum atomic E-state index is -0.426. The molecule has 3 heterocycles. The van der Waals surface area contributed by atoms with Gasteiger partial charge in [-0.05, 0) is 60.8 Å². The standard InChI is InChI=1S/C28H33FN2O3/c29-23-8-6-22(7-9-23)24-20-30-25(32)19-27(24)10-14-31(15-11-27)26(33)28(12-16-34-17-13-28)18-21-4-2-1-3-5-21/h1-9,24H,10-20H2,(H,30,32)/t24-/m1/s1. The first-order valence-electron chi connectivity index (χ1n) is 12.4. The van der Waals surface area contributed by atoms with Gasteiger partial charge in [0.25, 0.3) is 0 Å². The molecule has 1 atom stereocenters. The maximum atomic E-state index is 14.0. The zero-order chi connectivity index (χ0) is 23.6. The number of ether oxygens (including phenoxy) is 1. The zero-order valence-electron chi connectivity index (χ0n) is 19.6. The summed E-state index contributed by atoms with van der Waals surface area (Å²) in [6, 6.07) is 16.9. The minimum absolute atomic E-state index is 0.0723. The van der Waals surface area contributed by atoms with Gasteiger partial charge in [0.05, 0.1) is 5.41 Å². The van der Waals surface area contributed by atoms with Gasteiger partial charge in [0.2, 0.25) is 11.8 Å². The van der Waals surface area contributed by atoms with Crippen molar-refractivity contribution in [2.45, 2.75) is 44.4 Å². The van der Waals surface area contributed by atoms with E-state index in [1.54, 1.807) is 0 Å². The summed E-state index contributed by atoms with van der Waals surface area (Å²) in [6.45, 7) is 3.10. The van der Waals surface area contributed by atoms with Crippen molar-refractivity contribution in [1.29, 1.82) is 0 Å². The van der Waals surface area contributed by atoms with Crippen molar-refractivity contribution in [3.8, 4) is 0 Å². The van der Waals surface area contributed by atoms with Crippen molar-refractivity contribution in [2.24, 2.45) is 10.8 Å². The lowest BCUT2D eigenvalue weighted by molar-refractivity contribution is -0.151. The molecule has 1 N–H and O–H groups in total. The first-order valence-corrected chi connectivity index (χ1v) is 12.4. The predicted molar refractivity (Wildman–Crippen MR) is 128 cm³/mol. The molecule has 6 heteroatoms. The Morgan fingerprint density at radius 1 is 1.00 bits per heavy atom. The quantitative estimate of drug-likeness (QED) is 0.742. The smallest absolute Gasteiger partial charge is 0.229 e. The Kier molecular flexibility index (Phi) is 6.43. The SMILES string of the molecule is O=C1CC2(CCN(C(=O)C3(Cc4ccccc4)CCOCC3)CC2)[C@@H](c2ccc(F)cc2)CN1. The lowest BCUT2D eigenvalue weighted by atomic mass is 9.62. The molecule has 1 spiro atoms. The van der Waals surface area contributed by atoms with E-state index in [4.69, 9.17) is 4.74 Å². The van der Waals surface area contributed by atoms with E-state index in [1.807, 2.05) is 35.2 Å². The number of hydrogen-bond donors (Lipinski definition) is 1. The molecular weight excluding hydrogens is 431 g/mol. The van der Waals surface area contributed by atoms with E-state index in [0.29, 0.717) is 39.3 Å². The Balaban J connectivity index is 1.34. The number of hydrogen-bond acceptors (Lipinski definition) is 3. The van der Waals surface area contributed by atoms with Gasteiger partial charge < -0.3 is 15.0 Å². The molecule has 3 aliphatic rings. The monoisotopic (exact) mass is 464 g/mol. The van der Waals surface area contributed by atoms with Gasteiger partial charge in [-0.2, -0.15) is 0 Å². The summed E-state index contributed by atoms with van der Waals surface area (Å²) >= 11 is 0. The maximum absolute atomic E-state index is 14.0. The van der Waals surface area contributed by atoms with E-state index in [-0.39, 0.29) is 29.0 Å². The molecule has 0 radical (unpaired) electrons. The molecule has 2 aromatic rings. The molecule has 0 aliphatic carbocycles. The average Bonchev–Trinajstić information content (AvgIpc) is 2.86. The van der Waals surface area contributed by atoms with Crippen LogP contribution in [0.25, 0.3) is 0 Å². The van der Waals surface area contributed by atoms with Crippen LogP contribution in [0.5, 0.6) is 0 Å². The Labute approximate surface area is 200 Å². The van der Waals surface area contributed by atoms with E-state index < -0.39 is 5.41 Å². The summed E-state index contributed by atoms with van der Waals surface area (Å²) in [7, 11) is 0. The number of rotatable bonds is 4. The van der Waals surface area contributed by atoms with Crippen molar-refractivity contribution in [3.05, 3.63) is 71.5 Å². The van der Waals surface area contributed by atoms with Crippen LogP contribution in [0, 0.1) is 16.6 Å². The van der Waals surface area contributed by atoms with E-state index in [0.717, 1.165) is 37.7 Å². The number of piperidine rings is 2. The highest BCUT2D eigenvalue weighted by Gasteiger charge is 2.49. The van der Waals surface area contributed by atoms with Gasteiger partial charge in [0.15, 0.2) is 0 Å². The first-order chi connectivity index (χ1) is 16.5. The van der Waals surface area contributed by atoms with Crippen LogP contribution in [0.4, 0.5) is 4.39 Å². The van der Waals surface area contributed by atoms with Crippen LogP contribution in [-0.2, 0) is 20.7 Å². The fourth-order valence-electron chi connectivity index (χ4n) is 6.34. The highest BCUT2D eigenvalue weighted by atomic mass is 19.1. The summed E-state index contributed by atoms with van der Waals surface area (Å²) in [6.07, 6.45) is 4.24. The normalized spacial score (nSPS) is 24.0. The number of carbonyl (C=O) groups is 2. The summed E-state index contributed by atoms with van der Waals surface area (Å²) in [5, 5.41) is 3.01. The summed E-state index contributed by atoms with van der Waals surface area (Å²) in [5.74, 6) is 0.179. The third kappa shape index (κ3) is 4.48. The van der Waals surface area contributed by atoms with Gasteiger partial charge in [-0.25, -0.2) is 4.39 Å². The van der Waals surface area contributed by atoms with Gasteiger partial charge in [0, 0.05) is 45.2 Å². The molecule has 180 valence electrons. The molecule has 0 unspecified atom stereocenters. The van der Waals surface area contributed by atoms with E-state index in [1.165, 1.54) is 17.7 Å². The molecule has 0 aromatic heterocycles. The van der Waals surface area contributed by atoms with E-state index >= 15 is 0 Å². The van der Waals surface area contributed by atoms with Gasteiger partial charge in [0.1, 0.15) is 5.82 Å². The largest absolute Gasteiger partial charge is 0.381 e. The summed E-state index contributed by atoms with van der Waals surface area (Å²) in [4.78, 5) is 28.4. The van der Waals surface area contributed by atoms with Crippen LogP contribution in [-0.4, -0.2) is 49.6 Å². The molecular formula is C28H33FN2O3. The third-order valence-electron chi connectivity index (χ3n) is 8.36. The predicted octanol–water partition coefficient (Wildman–Crippen LogP) is 4.08. The molecule has 34 heavy (non-hydrogen) atoms. The molecule has 5 rings (SSSR count). The van der Waals surface area contributed by atoms with Crippen LogP contribution in [0.3, 0.4) is 0 Å². The fraction of sp³-hybridized carbons (Fsp3) is 0.500. The van der Waals surface area contributed by atoms with Crippen LogP contribution in [0.15, 0.2) is 54.6 Å². The van der Waals surface area contributed by atoms with Crippen molar-refractivity contribution < 1.29 is 18.7 Å². The van der Waals surface area contributed by atoms with Crippen molar-refractivity contribution >= 4 is 11.8 Å². The molecule has 5 nitrogen and oxygen atoms in total. The van der Waals surface area contributed by atoms with E-state index in [2.05, 4.69) is 17.4 Å². The van der Waals surface area contributed by atoms with Gasteiger partial charge >= 0.3 is 0 Å². The van der Waals surface area contributed by atoms with Crippen LogP contribution < -0.4 is 5.32 Å². The number of benzene rings is 2. The second kappa shape index (κ2) is 9.49. The third-order valence-corrected chi connectivity index (χ3v) is 8.36. The number of nitrogens with one attached hydrogen (secondary N) is 1. The number of nitrogens with zero attached hydrogens (tertiary/aromatic N) is 1. The Morgan fingerprint density at radius 2 is 1.68 bits per heavy atom. The van der Waals surface area contributed by atoms with Crippen molar-refractivity contribution in [3.63, 3.8) is 0 Å². The highest BCUT2D eigenvalue weighted by molar-refractivity contribution is 5.83. The number of amides is 2. The molecule has 3 saturated heterocycles. The Morgan fingerprint density at radius 3 is 2.35 bits per heavy atom. The van der Waals surface area contributed by atoms with Gasteiger partial charge in [-0.15, -0.1) is 0 Å². The number of likely N-dealkylation sites (tertiary alicyclic amines) is 1. The molecule has 2 amide bonds. The molecule has 3 fully saturated rings. The average molecular weight is 465 g/mol. The molecule has 0 bridgehead atoms. The van der Waals surface area contributed by atoms with Crippen molar-refractivity contribution in [2.75, 3.05) is 32.8 Å². The van der Waals surface area contributed by atoms with Crippen LogP contribution in [0.1, 0.15) is 49.1 Å². The maximum Gasteiger partial charge on any atom is 0.229 e. The zero-order valence-corrected chi connectivity index (χ0v) is 19.6. The molecule has 2 aromatic carbocycles. The second-order valence-electron chi connectivity index (χ2n) is 10.3. The molecule has 0 saturated carbocycles. The summed E-state index contributed by atoms with van der Waals surface area (Å²) in [5.41, 5.74) is 1.63. The van der Waals surface area contributed by atoms with Gasteiger partial charge in [-0.1, -0.05) is 42.5 Å². The second-order valence-corrected chi connectivity index (χ2v) is 10.3. The summed E-state index contributed by atoms with van der Waals surface area (Å²) < 4.78 is 19.2. The first kappa shape index (κ1) is 23.0. The Hall–Kier alpha value is -2.73. The van der Waals surface area contributed by atoms with Crippen LogP contribution >= 0.6 is 0 Å². The molecule has 3 aliphatic heterocycles. The van der Waals surface area contributed by atoms with Gasteiger partial charge in [-0.3, -0.25) is 9.59 Å². The van der Waals surface area contributed by atoms with Crippen LogP contribution in [0.2, 0.25) is 0 Å². The van der Waals surface area contributed by atoms with Crippen molar-refractivity contribution in [1.82, 2.24) is 10.2 Å². The topological polar surface area (TPSA) is 58.6 Å². The number of halogens is 1. The number of carbonyl (C=O) groups excluding carboxylic acids is 2. The lowest BCUT2D eigenvalue weighted by Crippen LogP contribution is -2.56. The lowest BCUT2D eigenvalue weighted by Gasteiger charge is -2.50. The fourth-order valence-corrected chi connectivity index (χ4v) is 6.34. The highest BCUT2D eigenvalue weighted by Crippen LogP contribution is 2.49.